The molecule has 1 aromatic heterocycles. The lowest BCUT2D eigenvalue weighted by Gasteiger charge is -2.43. The first-order chi connectivity index (χ1) is 22.7. The molecule has 4 nitrogen and oxygen atoms in total. The minimum Gasteiger partial charge on any atom is -0.403 e. The number of unbranched alkanes of at least 4 members (excludes halogenated alkanes) is 2. The quantitative estimate of drug-likeness (QED) is 0.107. The van der Waals surface area contributed by atoms with Crippen molar-refractivity contribution >= 4 is 18.7 Å². The Balaban J connectivity index is 1.74. The molecule has 2 heterocycles. The number of pyridine rings is 1. The van der Waals surface area contributed by atoms with Crippen molar-refractivity contribution in [2.45, 2.75) is 91.3 Å². The summed E-state index contributed by atoms with van der Waals surface area (Å²) in [5, 5.41) is 2.36. The first-order valence-corrected chi connectivity index (χ1v) is 19.4. The number of benzene rings is 3. The molecule has 0 aliphatic carbocycles. The molecule has 0 saturated carbocycles. The Morgan fingerprint density at radius 2 is 1.45 bits per heavy atom. The Labute approximate surface area is 283 Å². The maximum absolute atomic E-state index is 14.4. The zero-order valence-corrected chi connectivity index (χ0v) is 30.3. The molecule has 1 aliphatic heterocycles. The van der Waals surface area contributed by atoms with E-state index in [1.807, 2.05) is 12.1 Å². The molecule has 0 spiro atoms. The summed E-state index contributed by atoms with van der Waals surface area (Å²) < 4.78 is 27.7. The van der Waals surface area contributed by atoms with Crippen LogP contribution >= 0.6 is 0 Å². The lowest BCUT2D eigenvalue weighted by Crippen LogP contribution is -2.66. The second kappa shape index (κ2) is 15.8. The number of rotatable bonds is 13. The van der Waals surface area contributed by atoms with Gasteiger partial charge < -0.3 is 9.16 Å². The summed E-state index contributed by atoms with van der Waals surface area (Å²) in [6.45, 7) is 18.2. The van der Waals surface area contributed by atoms with Gasteiger partial charge in [-0.1, -0.05) is 127 Å². The second-order valence-electron chi connectivity index (χ2n) is 14.2. The topological polar surface area (TPSA) is 34.6 Å². The molecular formula is C41H53FN2O2Si. The van der Waals surface area contributed by atoms with Gasteiger partial charge in [0.05, 0.1) is 25.5 Å². The third-order valence-electron chi connectivity index (χ3n) is 9.55. The predicted molar refractivity (Wildman–Crippen MR) is 195 cm³/mol. The molecule has 1 fully saturated rings. The Hall–Kier alpha value is -3.16. The summed E-state index contributed by atoms with van der Waals surface area (Å²) in [5.74, 6) is -0.0434. The number of morpholine rings is 1. The number of hydrogen-bond donors (Lipinski definition) is 0. The van der Waals surface area contributed by atoms with Gasteiger partial charge in [0.2, 0.25) is 0 Å². The summed E-state index contributed by atoms with van der Waals surface area (Å²) in [6, 6.07) is 28.7. The van der Waals surface area contributed by atoms with Crippen molar-refractivity contribution < 1.29 is 13.6 Å². The van der Waals surface area contributed by atoms with Crippen LogP contribution in [-0.4, -0.2) is 44.5 Å². The Morgan fingerprint density at radius 3 is 1.98 bits per heavy atom. The van der Waals surface area contributed by atoms with Gasteiger partial charge in [-0.2, -0.15) is 0 Å². The number of halogens is 1. The van der Waals surface area contributed by atoms with Crippen molar-refractivity contribution in [3.63, 3.8) is 0 Å². The van der Waals surface area contributed by atoms with Crippen LogP contribution in [0.15, 0.2) is 84.9 Å². The van der Waals surface area contributed by atoms with Gasteiger partial charge >= 0.3 is 0 Å². The number of nitrogens with zero attached hydrogens (tertiary/aromatic N) is 2. The molecule has 3 aromatic carbocycles. The number of hydrogen-bond acceptors (Lipinski definition) is 4. The SMILES string of the molecule is CCCCCc1c(CN2CCOCC2)nc(C(C)C)c(CO[Si](c2ccccc2)(c2ccccc2)C(C)(C)C)c1-c1ccc(F)cc1. The van der Waals surface area contributed by atoms with Crippen LogP contribution in [0.25, 0.3) is 11.1 Å². The summed E-state index contributed by atoms with van der Waals surface area (Å²) in [5.41, 5.74) is 6.84. The Morgan fingerprint density at radius 1 is 0.851 bits per heavy atom. The molecular weight excluding hydrogens is 600 g/mol. The van der Waals surface area contributed by atoms with E-state index in [2.05, 4.69) is 107 Å². The van der Waals surface area contributed by atoms with Crippen LogP contribution in [0.1, 0.15) is 89.2 Å². The average molecular weight is 653 g/mol. The molecule has 250 valence electrons. The summed E-state index contributed by atoms with van der Waals surface area (Å²) in [4.78, 5) is 8.00. The summed E-state index contributed by atoms with van der Waals surface area (Å²) in [7, 11) is -2.83. The third kappa shape index (κ3) is 7.94. The highest BCUT2D eigenvalue weighted by Crippen LogP contribution is 2.41. The van der Waals surface area contributed by atoms with Crippen LogP contribution < -0.4 is 10.4 Å². The second-order valence-corrected chi connectivity index (χ2v) is 18.5. The van der Waals surface area contributed by atoms with Crippen LogP contribution in [0.3, 0.4) is 0 Å². The molecule has 0 bridgehead atoms. The lowest BCUT2D eigenvalue weighted by atomic mass is 9.87. The highest BCUT2D eigenvalue weighted by atomic mass is 28.4. The first kappa shape index (κ1) is 35.2. The molecule has 1 aliphatic rings. The Bertz CT molecular complexity index is 1520. The van der Waals surface area contributed by atoms with Gasteiger partial charge in [0, 0.05) is 30.9 Å². The van der Waals surface area contributed by atoms with Crippen molar-refractivity contribution in [1.29, 1.82) is 0 Å². The largest absolute Gasteiger partial charge is 0.403 e. The highest BCUT2D eigenvalue weighted by molar-refractivity contribution is 6.99. The monoisotopic (exact) mass is 652 g/mol. The maximum Gasteiger partial charge on any atom is 0.261 e. The van der Waals surface area contributed by atoms with E-state index in [0.29, 0.717) is 6.61 Å². The molecule has 0 N–H and O–H groups in total. The summed E-state index contributed by atoms with van der Waals surface area (Å²) >= 11 is 0. The van der Waals surface area contributed by atoms with Gasteiger partial charge in [0.15, 0.2) is 0 Å². The number of ether oxygens (including phenoxy) is 1. The van der Waals surface area contributed by atoms with Crippen LogP contribution in [0.2, 0.25) is 5.04 Å². The molecule has 0 radical (unpaired) electrons. The predicted octanol–water partition coefficient (Wildman–Crippen LogP) is 8.65. The average Bonchev–Trinajstić information content (AvgIpc) is 3.07. The molecule has 0 unspecified atom stereocenters. The molecule has 0 atom stereocenters. The first-order valence-electron chi connectivity index (χ1n) is 17.5. The van der Waals surface area contributed by atoms with Gasteiger partial charge in [-0.25, -0.2) is 4.39 Å². The van der Waals surface area contributed by atoms with Gasteiger partial charge in [-0.15, -0.1) is 0 Å². The summed E-state index contributed by atoms with van der Waals surface area (Å²) in [6.07, 6.45) is 4.31. The van der Waals surface area contributed by atoms with E-state index in [0.717, 1.165) is 81.0 Å². The zero-order valence-electron chi connectivity index (χ0n) is 29.3. The molecule has 6 heteroatoms. The number of aromatic nitrogens is 1. The van der Waals surface area contributed by atoms with Gasteiger partial charge in [0.1, 0.15) is 5.82 Å². The van der Waals surface area contributed by atoms with Gasteiger partial charge in [0.25, 0.3) is 8.32 Å². The smallest absolute Gasteiger partial charge is 0.261 e. The Kier molecular flexibility index (Phi) is 11.8. The maximum atomic E-state index is 14.4. The molecule has 4 aromatic rings. The van der Waals surface area contributed by atoms with Crippen molar-refractivity contribution in [3.8, 4) is 11.1 Å². The van der Waals surface area contributed by atoms with E-state index in [1.165, 1.54) is 21.5 Å². The molecule has 5 rings (SSSR count). The molecule has 1 saturated heterocycles. The van der Waals surface area contributed by atoms with Gasteiger partial charge in [-0.3, -0.25) is 9.88 Å². The molecule has 47 heavy (non-hydrogen) atoms. The van der Waals surface area contributed by atoms with Crippen LogP contribution in [0.4, 0.5) is 4.39 Å². The van der Waals surface area contributed by atoms with E-state index in [9.17, 15) is 4.39 Å². The third-order valence-corrected chi connectivity index (χ3v) is 14.5. The van der Waals surface area contributed by atoms with Crippen molar-refractivity contribution in [3.05, 3.63) is 113 Å². The van der Waals surface area contributed by atoms with Crippen LogP contribution in [-0.2, 0) is 28.7 Å². The lowest BCUT2D eigenvalue weighted by molar-refractivity contribution is 0.0335. The standard InChI is InChI=1S/C41H53FN2O2Si/c1-7-8-11-20-36-38(29-44-25-27-45-28-26-44)43-40(31(2)3)37(39(36)32-21-23-33(42)24-22-32)30-46-47(41(4,5)6,34-16-12-9-13-17-34)35-18-14-10-15-19-35/h9-10,12-19,21-24,31H,7-8,11,20,25-30H2,1-6H3. The van der Waals surface area contributed by atoms with Crippen molar-refractivity contribution in [2.24, 2.45) is 0 Å². The van der Waals surface area contributed by atoms with Crippen molar-refractivity contribution in [2.75, 3.05) is 26.3 Å². The fourth-order valence-electron chi connectivity index (χ4n) is 7.19. The minimum atomic E-state index is -2.83. The van der Waals surface area contributed by atoms with Crippen molar-refractivity contribution in [1.82, 2.24) is 9.88 Å². The van der Waals surface area contributed by atoms with Crippen LogP contribution in [0, 0.1) is 5.82 Å². The fraction of sp³-hybridized carbons (Fsp3) is 0.439. The van der Waals surface area contributed by atoms with Crippen LogP contribution in [0.5, 0.6) is 0 Å². The molecule has 0 amide bonds. The highest BCUT2D eigenvalue weighted by Gasteiger charge is 2.50. The van der Waals surface area contributed by atoms with E-state index in [4.69, 9.17) is 14.1 Å². The normalized spacial score (nSPS) is 14.6. The minimum absolute atomic E-state index is 0.155. The zero-order chi connectivity index (χ0) is 33.4. The fourth-order valence-corrected chi connectivity index (χ4v) is 11.7. The van der Waals surface area contributed by atoms with Gasteiger partial charge in [-0.05, 0) is 63.0 Å². The van der Waals surface area contributed by atoms with E-state index in [1.54, 1.807) is 12.1 Å². The van der Waals surface area contributed by atoms with E-state index < -0.39 is 8.32 Å². The van der Waals surface area contributed by atoms with E-state index >= 15 is 0 Å². The van der Waals surface area contributed by atoms with E-state index in [-0.39, 0.29) is 16.8 Å².